The molecule has 4 atom stereocenters. The van der Waals surface area contributed by atoms with E-state index < -0.39 is 20.8 Å². The average Bonchev–Trinajstić information content (AvgIpc) is 3.09. The molecule has 0 spiro atoms. The monoisotopic (exact) mass is 554 g/mol. The second-order valence-corrected chi connectivity index (χ2v) is 16.4. The van der Waals surface area contributed by atoms with Crippen molar-refractivity contribution in [1.29, 1.82) is 0 Å². The van der Waals surface area contributed by atoms with E-state index in [-0.39, 0.29) is 28.7 Å². The third-order valence-electron chi connectivity index (χ3n) is 10.1. The molecule has 4 aliphatic rings. The summed E-state index contributed by atoms with van der Waals surface area (Å²) in [4.78, 5) is 13.9. The predicted octanol–water partition coefficient (Wildman–Crippen LogP) is 6.58. The number of benzene rings is 1. The molecule has 3 aliphatic carbocycles. The summed E-state index contributed by atoms with van der Waals surface area (Å²) in [5, 5.41) is -0.458. The summed E-state index contributed by atoms with van der Waals surface area (Å²) in [6.45, 7) is 6.62. The SMILES string of the molecule is [B]C1(c2ccc3c(c2)CCS3(=O)=O)CCCCC(OCC23CCCCC(C(=O)OC(C)(C)C)(CCC2)C3)CC1. The van der Waals surface area contributed by atoms with E-state index in [1.54, 1.807) is 6.07 Å². The fourth-order valence-electron chi connectivity index (χ4n) is 7.94. The minimum atomic E-state index is -3.13. The van der Waals surface area contributed by atoms with Gasteiger partial charge in [0.25, 0.3) is 0 Å². The Morgan fingerprint density at radius 2 is 1.69 bits per heavy atom. The van der Waals surface area contributed by atoms with Gasteiger partial charge in [0.15, 0.2) is 9.84 Å². The minimum Gasteiger partial charge on any atom is -0.460 e. The Labute approximate surface area is 237 Å². The van der Waals surface area contributed by atoms with Gasteiger partial charge in [-0.1, -0.05) is 56.2 Å². The lowest BCUT2D eigenvalue weighted by Gasteiger charge is -2.46. The number of hydrogen-bond donors (Lipinski definition) is 0. The van der Waals surface area contributed by atoms with Crippen molar-refractivity contribution in [2.24, 2.45) is 10.8 Å². The summed E-state index contributed by atoms with van der Waals surface area (Å²) in [5.74, 6) is 0.206. The first-order valence-electron chi connectivity index (χ1n) is 15.3. The smallest absolute Gasteiger partial charge is 0.312 e. The zero-order chi connectivity index (χ0) is 27.9. The van der Waals surface area contributed by atoms with Crippen molar-refractivity contribution in [1.82, 2.24) is 0 Å². The van der Waals surface area contributed by atoms with E-state index in [0.29, 0.717) is 11.3 Å². The Balaban J connectivity index is 1.26. The predicted molar refractivity (Wildman–Crippen MR) is 155 cm³/mol. The van der Waals surface area contributed by atoms with E-state index in [0.717, 1.165) is 108 Å². The van der Waals surface area contributed by atoms with Gasteiger partial charge in [0.1, 0.15) is 5.60 Å². The highest BCUT2D eigenvalue weighted by Gasteiger charge is 2.52. The van der Waals surface area contributed by atoms with Gasteiger partial charge in [0.2, 0.25) is 0 Å². The molecule has 2 radical (unpaired) electrons. The van der Waals surface area contributed by atoms with Crippen LogP contribution >= 0.6 is 0 Å². The summed E-state index contributed by atoms with van der Waals surface area (Å²) >= 11 is 0. The molecule has 0 amide bonds. The van der Waals surface area contributed by atoms with Crippen LogP contribution in [0, 0.1) is 10.8 Å². The lowest BCUT2D eigenvalue weighted by molar-refractivity contribution is -0.175. The second-order valence-electron chi connectivity index (χ2n) is 14.3. The molecule has 1 aromatic carbocycles. The maximum Gasteiger partial charge on any atom is 0.312 e. The van der Waals surface area contributed by atoms with Crippen LogP contribution in [0.4, 0.5) is 0 Å². The van der Waals surface area contributed by atoms with Crippen LogP contribution in [0.25, 0.3) is 0 Å². The number of carbonyl (C=O) groups excluding carboxylic acids is 1. The van der Waals surface area contributed by atoms with Gasteiger partial charge in [-0.25, -0.2) is 8.42 Å². The first kappa shape index (κ1) is 29.2. The Kier molecular flexibility index (Phi) is 8.09. The number of carbonyl (C=O) groups is 1. The first-order chi connectivity index (χ1) is 18.3. The van der Waals surface area contributed by atoms with Gasteiger partial charge in [-0.15, -0.1) is 0 Å². The molecular formula is C32H47BO5S. The number of esters is 1. The van der Waals surface area contributed by atoms with Gasteiger partial charge >= 0.3 is 5.97 Å². The van der Waals surface area contributed by atoms with Crippen molar-refractivity contribution in [3.63, 3.8) is 0 Å². The molecule has 0 N–H and O–H groups in total. The van der Waals surface area contributed by atoms with E-state index in [2.05, 4.69) is 6.07 Å². The molecule has 4 unspecified atom stereocenters. The van der Waals surface area contributed by atoms with Crippen molar-refractivity contribution in [3.05, 3.63) is 29.3 Å². The van der Waals surface area contributed by atoms with Crippen molar-refractivity contribution in [2.45, 2.75) is 139 Å². The lowest BCUT2D eigenvalue weighted by Crippen LogP contribution is -2.45. The number of sulfone groups is 1. The molecule has 3 saturated carbocycles. The Morgan fingerprint density at radius 3 is 2.49 bits per heavy atom. The van der Waals surface area contributed by atoms with E-state index in [9.17, 15) is 13.2 Å². The van der Waals surface area contributed by atoms with Crippen molar-refractivity contribution in [2.75, 3.05) is 12.4 Å². The fraction of sp³-hybridized carbons (Fsp3) is 0.781. The molecule has 0 aromatic heterocycles. The van der Waals surface area contributed by atoms with Crippen LogP contribution in [0.5, 0.6) is 0 Å². The van der Waals surface area contributed by atoms with E-state index in [4.69, 9.17) is 17.3 Å². The molecule has 2 bridgehead atoms. The Hall–Kier alpha value is -1.34. The van der Waals surface area contributed by atoms with Crippen LogP contribution in [-0.2, 0) is 35.8 Å². The summed E-state index contributed by atoms with van der Waals surface area (Å²) in [7, 11) is 3.93. The van der Waals surface area contributed by atoms with Crippen molar-refractivity contribution in [3.8, 4) is 0 Å². The zero-order valence-electron chi connectivity index (χ0n) is 24.4. The third kappa shape index (κ3) is 6.29. The van der Waals surface area contributed by atoms with Gasteiger partial charge < -0.3 is 9.47 Å². The molecule has 214 valence electrons. The second kappa shape index (κ2) is 10.8. The quantitative estimate of drug-likeness (QED) is 0.304. The highest BCUT2D eigenvalue weighted by atomic mass is 32.2. The topological polar surface area (TPSA) is 69.7 Å². The van der Waals surface area contributed by atoms with E-state index >= 15 is 0 Å². The van der Waals surface area contributed by atoms with Crippen molar-refractivity contribution >= 4 is 23.7 Å². The third-order valence-corrected chi connectivity index (χ3v) is 11.9. The largest absolute Gasteiger partial charge is 0.460 e. The van der Waals surface area contributed by atoms with Gasteiger partial charge in [0, 0.05) is 0 Å². The number of rotatable bonds is 5. The van der Waals surface area contributed by atoms with Crippen molar-refractivity contribution < 1.29 is 22.7 Å². The highest BCUT2D eigenvalue weighted by Crippen LogP contribution is 2.55. The Morgan fingerprint density at radius 1 is 0.974 bits per heavy atom. The fourth-order valence-corrected chi connectivity index (χ4v) is 9.48. The molecule has 5 nitrogen and oxygen atoms in total. The molecule has 1 aromatic rings. The van der Waals surface area contributed by atoms with Crippen LogP contribution < -0.4 is 0 Å². The molecule has 1 aliphatic heterocycles. The first-order valence-corrected chi connectivity index (χ1v) is 17.0. The molecule has 7 heteroatoms. The highest BCUT2D eigenvalue weighted by molar-refractivity contribution is 7.91. The summed E-state index contributed by atoms with van der Waals surface area (Å²) < 4.78 is 37.3. The van der Waals surface area contributed by atoms with Crippen LogP contribution in [0.2, 0.25) is 0 Å². The molecule has 3 fully saturated rings. The van der Waals surface area contributed by atoms with Gasteiger partial charge in [-0.3, -0.25) is 4.79 Å². The van der Waals surface area contributed by atoms with E-state index in [1.165, 1.54) is 0 Å². The van der Waals surface area contributed by atoms with E-state index in [1.807, 2.05) is 26.8 Å². The van der Waals surface area contributed by atoms with Gasteiger partial charge in [-0.05, 0) is 101 Å². The average molecular weight is 555 g/mol. The van der Waals surface area contributed by atoms with Crippen LogP contribution in [-0.4, -0.2) is 46.3 Å². The minimum absolute atomic E-state index is 0.00184. The number of hydrogen-bond acceptors (Lipinski definition) is 5. The summed E-state index contributed by atoms with van der Waals surface area (Å²) in [6.07, 6.45) is 14.9. The number of ether oxygens (including phenoxy) is 2. The van der Waals surface area contributed by atoms with Crippen LogP contribution in [0.1, 0.15) is 122 Å². The molecule has 5 rings (SSSR count). The molecular weight excluding hydrogens is 507 g/mol. The normalized spacial score (nSPS) is 34.8. The number of aryl methyl sites for hydroxylation is 1. The van der Waals surface area contributed by atoms with Gasteiger partial charge in [0.05, 0.1) is 36.6 Å². The zero-order valence-corrected chi connectivity index (χ0v) is 25.2. The lowest BCUT2D eigenvalue weighted by atomic mass is 9.58. The van der Waals surface area contributed by atoms with Crippen LogP contribution in [0.15, 0.2) is 23.1 Å². The summed E-state index contributed by atoms with van der Waals surface area (Å²) in [6, 6.07) is 5.78. The van der Waals surface area contributed by atoms with Gasteiger partial charge in [-0.2, -0.15) is 0 Å². The standard InChI is InChI=1S/C32H47BO5S/c1-29(2,3)38-28(34)31-16-7-6-14-30(22-31,15-8-17-31)23-37-26-9-4-5-18-32(33,19-12-26)25-10-11-27-24(21-25)13-20-39(27,35)36/h10-11,21,26H,4-9,12-20,22-23H2,1-3H3. The Bertz CT molecular complexity index is 1170. The summed E-state index contributed by atoms with van der Waals surface area (Å²) in [5.41, 5.74) is 1.22. The number of fused-ring (bicyclic) bond motifs is 3. The molecule has 39 heavy (non-hydrogen) atoms. The maximum atomic E-state index is 13.4. The van der Waals surface area contributed by atoms with Crippen LogP contribution in [0.3, 0.4) is 0 Å². The maximum absolute atomic E-state index is 13.4. The molecule has 0 saturated heterocycles. The molecule has 1 heterocycles.